The third-order valence-electron chi connectivity index (χ3n) is 3.69. The molecule has 0 saturated carbocycles. The molecule has 6 heteroatoms. The molecule has 1 fully saturated rings. The van der Waals surface area contributed by atoms with Gasteiger partial charge in [0.2, 0.25) is 0 Å². The number of ether oxygens (including phenoxy) is 1. The van der Waals surface area contributed by atoms with Crippen LogP contribution in [0.2, 0.25) is 0 Å². The van der Waals surface area contributed by atoms with Gasteiger partial charge in [-0.05, 0) is 19.2 Å². The van der Waals surface area contributed by atoms with E-state index in [-0.39, 0.29) is 12.1 Å². The van der Waals surface area contributed by atoms with Crippen LogP contribution in [0.4, 0.5) is 0 Å². The van der Waals surface area contributed by atoms with Crippen molar-refractivity contribution in [1.29, 1.82) is 0 Å². The molecule has 108 valence electrons. The predicted molar refractivity (Wildman–Crippen MR) is 81.7 cm³/mol. The average molecular weight is 292 g/mol. The SMILES string of the molecule is CN1CCOC(C(Cc2nc3ccccc3s2)NN)C1. The Balaban J connectivity index is 1.73. The Bertz CT molecular complexity index is 540. The van der Waals surface area contributed by atoms with Crippen LogP contribution in [0.5, 0.6) is 0 Å². The van der Waals surface area contributed by atoms with Gasteiger partial charge in [0, 0.05) is 19.5 Å². The molecule has 1 aliphatic rings. The lowest BCUT2D eigenvalue weighted by atomic mass is 10.1. The zero-order valence-electron chi connectivity index (χ0n) is 11.6. The van der Waals surface area contributed by atoms with Crippen LogP contribution in [0.25, 0.3) is 10.2 Å². The Morgan fingerprint density at radius 1 is 1.55 bits per heavy atom. The zero-order valence-corrected chi connectivity index (χ0v) is 12.4. The van der Waals surface area contributed by atoms with Crippen LogP contribution in [0.15, 0.2) is 24.3 Å². The summed E-state index contributed by atoms with van der Waals surface area (Å²) in [6.07, 6.45) is 0.916. The van der Waals surface area contributed by atoms with Crippen molar-refractivity contribution in [3.05, 3.63) is 29.3 Å². The van der Waals surface area contributed by atoms with Crippen molar-refractivity contribution in [1.82, 2.24) is 15.3 Å². The smallest absolute Gasteiger partial charge is 0.0955 e. The summed E-state index contributed by atoms with van der Waals surface area (Å²) in [6.45, 7) is 2.65. The van der Waals surface area contributed by atoms with Gasteiger partial charge in [0.15, 0.2) is 0 Å². The number of fused-ring (bicyclic) bond motifs is 1. The Hall–Kier alpha value is -1.05. The van der Waals surface area contributed by atoms with Crippen LogP contribution >= 0.6 is 11.3 Å². The molecule has 2 atom stereocenters. The van der Waals surface area contributed by atoms with Crippen LogP contribution in [-0.4, -0.2) is 48.8 Å². The lowest BCUT2D eigenvalue weighted by molar-refractivity contribution is -0.0384. The first-order valence-corrected chi connectivity index (χ1v) is 7.68. The van der Waals surface area contributed by atoms with Gasteiger partial charge in [-0.15, -0.1) is 11.3 Å². The van der Waals surface area contributed by atoms with Crippen molar-refractivity contribution in [2.24, 2.45) is 5.84 Å². The van der Waals surface area contributed by atoms with Crippen molar-refractivity contribution >= 4 is 21.6 Å². The highest BCUT2D eigenvalue weighted by molar-refractivity contribution is 7.18. The topological polar surface area (TPSA) is 63.4 Å². The van der Waals surface area contributed by atoms with Crippen LogP contribution in [0, 0.1) is 0 Å². The standard InChI is InChI=1S/C14H20N4OS/c1-18-6-7-19-12(9-18)11(17-15)8-14-16-10-4-2-3-5-13(10)20-14/h2-5,11-12,17H,6-9,15H2,1H3. The van der Waals surface area contributed by atoms with Gasteiger partial charge in [-0.3, -0.25) is 11.3 Å². The first-order valence-electron chi connectivity index (χ1n) is 6.87. The van der Waals surface area contributed by atoms with Gasteiger partial charge in [-0.1, -0.05) is 12.1 Å². The second-order valence-electron chi connectivity index (χ2n) is 5.22. The maximum Gasteiger partial charge on any atom is 0.0955 e. The molecule has 2 aromatic rings. The largest absolute Gasteiger partial charge is 0.374 e. The number of para-hydroxylation sites is 1. The van der Waals surface area contributed by atoms with Gasteiger partial charge in [-0.25, -0.2) is 4.98 Å². The van der Waals surface area contributed by atoms with Crippen molar-refractivity contribution in [3.8, 4) is 0 Å². The number of thiazole rings is 1. The van der Waals surface area contributed by atoms with Crippen LogP contribution < -0.4 is 11.3 Å². The van der Waals surface area contributed by atoms with Gasteiger partial charge in [-0.2, -0.15) is 0 Å². The minimum absolute atomic E-state index is 0.0957. The third kappa shape index (κ3) is 2.99. The molecule has 0 spiro atoms. The second kappa shape index (κ2) is 6.15. The van der Waals surface area contributed by atoms with E-state index >= 15 is 0 Å². The molecule has 1 aromatic heterocycles. The lowest BCUT2D eigenvalue weighted by Gasteiger charge is -2.34. The van der Waals surface area contributed by atoms with E-state index in [4.69, 9.17) is 10.6 Å². The maximum absolute atomic E-state index is 5.84. The summed E-state index contributed by atoms with van der Waals surface area (Å²) >= 11 is 1.73. The molecule has 0 radical (unpaired) electrons. The molecule has 1 aromatic carbocycles. The normalized spacial score (nSPS) is 22.2. The van der Waals surface area contributed by atoms with Gasteiger partial charge < -0.3 is 9.64 Å². The molecule has 20 heavy (non-hydrogen) atoms. The number of hydrogen-bond donors (Lipinski definition) is 2. The number of hydrazine groups is 1. The number of benzene rings is 1. The summed E-state index contributed by atoms with van der Waals surface area (Å²) in [4.78, 5) is 6.94. The van der Waals surface area contributed by atoms with Crippen molar-refractivity contribution in [2.75, 3.05) is 26.7 Å². The molecule has 3 rings (SSSR count). The maximum atomic E-state index is 5.84. The Labute approximate surface area is 122 Å². The molecule has 3 N–H and O–H groups in total. The number of likely N-dealkylation sites (N-methyl/N-ethyl adjacent to an activating group) is 1. The monoisotopic (exact) mass is 292 g/mol. The van der Waals surface area contributed by atoms with Crippen LogP contribution in [-0.2, 0) is 11.2 Å². The van der Waals surface area contributed by atoms with E-state index < -0.39 is 0 Å². The Kier molecular flexibility index (Phi) is 4.28. The average Bonchev–Trinajstić information content (AvgIpc) is 2.87. The van der Waals surface area contributed by atoms with Crippen molar-refractivity contribution in [3.63, 3.8) is 0 Å². The van der Waals surface area contributed by atoms with E-state index in [0.29, 0.717) is 0 Å². The summed E-state index contributed by atoms with van der Waals surface area (Å²) in [5.74, 6) is 5.72. The van der Waals surface area contributed by atoms with Crippen molar-refractivity contribution < 1.29 is 4.74 Å². The van der Waals surface area contributed by atoms with Gasteiger partial charge in [0.1, 0.15) is 0 Å². The molecule has 0 aliphatic carbocycles. The molecular formula is C14H20N4OS. The van der Waals surface area contributed by atoms with E-state index in [1.807, 2.05) is 18.2 Å². The molecule has 0 bridgehead atoms. The highest BCUT2D eigenvalue weighted by Crippen LogP contribution is 2.23. The number of nitrogens with two attached hydrogens (primary N) is 1. The van der Waals surface area contributed by atoms with Crippen LogP contribution in [0.3, 0.4) is 0 Å². The predicted octanol–water partition coefficient (Wildman–Crippen LogP) is 1.00. The number of rotatable bonds is 4. The highest BCUT2D eigenvalue weighted by Gasteiger charge is 2.27. The summed E-state index contributed by atoms with van der Waals surface area (Å²) in [7, 11) is 2.11. The third-order valence-corrected chi connectivity index (χ3v) is 4.75. The number of morpholine rings is 1. The summed E-state index contributed by atoms with van der Waals surface area (Å²) < 4.78 is 7.06. The second-order valence-corrected chi connectivity index (χ2v) is 6.34. The van der Waals surface area contributed by atoms with E-state index in [1.165, 1.54) is 4.70 Å². The molecule has 0 amide bonds. The molecule has 2 heterocycles. The zero-order chi connectivity index (χ0) is 13.9. The van der Waals surface area contributed by atoms with Crippen LogP contribution in [0.1, 0.15) is 5.01 Å². The van der Waals surface area contributed by atoms with E-state index in [9.17, 15) is 0 Å². The molecule has 2 unspecified atom stereocenters. The molecule has 1 saturated heterocycles. The Morgan fingerprint density at radius 2 is 2.40 bits per heavy atom. The first kappa shape index (κ1) is 13.9. The highest BCUT2D eigenvalue weighted by atomic mass is 32.1. The first-order chi connectivity index (χ1) is 9.76. The summed E-state index contributed by atoms with van der Waals surface area (Å²) in [5, 5.41) is 1.10. The molecule has 5 nitrogen and oxygen atoms in total. The minimum atomic E-state index is 0.0957. The molecule has 1 aliphatic heterocycles. The minimum Gasteiger partial charge on any atom is -0.374 e. The van der Waals surface area contributed by atoms with E-state index in [2.05, 4.69) is 28.4 Å². The van der Waals surface area contributed by atoms with Crippen molar-refractivity contribution in [2.45, 2.75) is 18.6 Å². The van der Waals surface area contributed by atoms with Gasteiger partial charge in [0.25, 0.3) is 0 Å². The van der Waals surface area contributed by atoms with Gasteiger partial charge in [0.05, 0.1) is 34.0 Å². The number of nitrogens with one attached hydrogen (secondary N) is 1. The number of hydrogen-bond acceptors (Lipinski definition) is 6. The summed E-state index contributed by atoms with van der Waals surface area (Å²) in [5.41, 5.74) is 3.96. The fraction of sp³-hybridized carbons (Fsp3) is 0.500. The van der Waals surface area contributed by atoms with Gasteiger partial charge >= 0.3 is 0 Å². The Morgan fingerprint density at radius 3 is 3.15 bits per heavy atom. The lowest BCUT2D eigenvalue weighted by Crippen LogP contribution is -2.54. The van der Waals surface area contributed by atoms with E-state index in [1.54, 1.807) is 11.3 Å². The molecular weight excluding hydrogens is 272 g/mol. The van der Waals surface area contributed by atoms with E-state index in [0.717, 1.165) is 36.6 Å². The quantitative estimate of drug-likeness (QED) is 0.650. The number of aromatic nitrogens is 1. The fourth-order valence-electron chi connectivity index (χ4n) is 2.55. The number of nitrogens with zero attached hydrogens (tertiary/aromatic N) is 2. The fourth-order valence-corrected chi connectivity index (χ4v) is 3.57. The summed E-state index contributed by atoms with van der Waals surface area (Å²) in [6, 6.07) is 8.31.